The Bertz CT molecular complexity index is 727. The van der Waals surface area contributed by atoms with Crippen molar-refractivity contribution >= 4 is 16.7 Å². The van der Waals surface area contributed by atoms with Gasteiger partial charge in [-0.3, -0.25) is 4.79 Å². The fourth-order valence-electron chi connectivity index (χ4n) is 2.75. The molecule has 0 aliphatic heterocycles. The highest BCUT2D eigenvalue weighted by atomic mass is 16.3. The highest BCUT2D eigenvalue weighted by Gasteiger charge is 2.23. The van der Waals surface area contributed by atoms with Gasteiger partial charge in [-0.15, -0.1) is 0 Å². The average Bonchev–Trinajstić information content (AvgIpc) is 2.85. The standard InChI is InChI=1S/C15H14N2O3/c16-7-13(19)15(20)8-4-5-11-10(6-8)9-2-1-3-12(18)14(9)17-11/h4-6,13,15,17,19-20H,1-3H2. The van der Waals surface area contributed by atoms with Crippen molar-refractivity contribution in [3.63, 3.8) is 0 Å². The summed E-state index contributed by atoms with van der Waals surface area (Å²) in [5.41, 5.74) is 2.94. The number of aliphatic hydroxyl groups excluding tert-OH is 2. The van der Waals surface area contributed by atoms with Gasteiger partial charge in [0.25, 0.3) is 0 Å². The van der Waals surface area contributed by atoms with Crippen LogP contribution in [0, 0.1) is 11.3 Å². The van der Waals surface area contributed by atoms with Crippen LogP contribution in [0.1, 0.15) is 40.6 Å². The fraction of sp³-hybridized carbons (Fsp3) is 0.333. The molecule has 1 aromatic heterocycles. The molecule has 3 N–H and O–H groups in total. The van der Waals surface area contributed by atoms with E-state index in [1.807, 2.05) is 0 Å². The van der Waals surface area contributed by atoms with Crippen LogP contribution in [0.25, 0.3) is 10.9 Å². The summed E-state index contributed by atoms with van der Waals surface area (Å²) in [6.07, 6.45) is -0.492. The Balaban J connectivity index is 2.12. The predicted molar refractivity (Wildman–Crippen MR) is 72.1 cm³/mol. The van der Waals surface area contributed by atoms with Crippen LogP contribution in [0.4, 0.5) is 0 Å². The van der Waals surface area contributed by atoms with Crippen LogP contribution in [-0.4, -0.2) is 27.1 Å². The summed E-state index contributed by atoms with van der Waals surface area (Å²) in [5, 5.41) is 28.8. The van der Waals surface area contributed by atoms with Gasteiger partial charge in [0, 0.05) is 17.3 Å². The lowest BCUT2D eigenvalue weighted by Crippen LogP contribution is -2.15. The maximum absolute atomic E-state index is 11.9. The van der Waals surface area contributed by atoms with Gasteiger partial charge >= 0.3 is 0 Å². The first kappa shape index (κ1) is 12.9. The van der Waals surface area contributed by atoms with E-state index in [2.05, 4.69) is 4.98 Å². The van der Waals surface area contributed by atoms with Gasteiger partial charge in [-0.05, 0) is 36.1 Å². The number of aromatic amines is 1. The van der Waals surface area contributed by atoms with Crippen molar-refractivity contribution in [3.8, 4) is 6.07 Å². The van der Waals surface area contributed by atoms with Gasteiger partial charge < -0.3 is 15.2 Å². The molecule has 0 saturated carbocycles. The molecule has 2 atom stereocenters. The van der Waals surface area contributed by atoms with Crippen molar-refractivity contribution in [1.29, 1.82) is 5.26 Å². The monoisotopic (exact) mass is 270 g/mol. The number of nitrogens with zero attached hydrogens (tertiary/aromatic N) is 1. The lowest BCUT2D eigenvalue weighted by atomic mass is 9.93. The maximum Gasteiger partial charge on any atom is 0.179 e. The third-order valence-corrected chi connectivity index (χ3v) is 3.81. The van der Waals surface area contributed by atoms with E-state index in [0.29, 0.717) is 17.7 Å². The number of nitrogens with one attached hydrogen (secondary N) is 1. The van der Waals surface area contributed by atoms with E-state index < -0.39 is 12.2 Å². The number of carbonyl (C=O) groups is 1. The summed E-state index contributed by atoms with van der Waals surface area (Å²) in [6, 6.07) is 6.78. The van der Waals surface area contributed by atoms with Crippen LogP contribution in [-0.2, 0) is 6.42 Å². The molecule has 5 heteroatoms. The molecule has 0 radical (unpaired) electrons. The maximum atomic E-state index is 11.9. The van der Waals surface area contributed by atoms with E-state index in [0.717, 1.165) is 29.3 Å². The molecule has 5 nitrogen and oxygen atoms in total. The third kappa shape index (κ3) is 1.90. The molecule has 1 aliphatic rings. The Kier molecular flexibility index (Phi) is 3.05. The minimum Gasteiger partial charge on any atom is -0.385 e. The van der Waals surface area contributed by atoms with Gasteiger partial charge in [-0.25, -0.2) is 0 Å². The summed E-state index contributed by atoms with van der Waals surface area (Å²) in [6.45, 7) is 0. The summed E-state index contributed by atoms with van der Waals surface area (Å²) >= 11 is 0. The molecule has 0 fully saturated rings. The molecule has 0 bridgehead atoms. The van der Waals surface area contributed by atoms with Crippen LogP contribution in [0.15, 0.2) is 18.2 Å². The highest BCUT2D eigenvalue weighted by molar-refractivity contribution is 6.03. The number of aryl methyl sites for hydroxylation is 1. The Morgan fingerprint density at radius 3 is 2.85 bits per heavy atom. The van der Waals surface area contributed by atoms with Crippen molar-refractivity contribution in [1.82, 2.24) is 4.98 Å². The van der Waals surface area contributed by atoms with Crippen molar-refractivity contribution in [3.05, 3.63) is 35.0 Å². The van der Waals surface area contributed by atoms with Crippen LogP contribution >= 0.6 is 0 Å². The van der Waals surface area contributed by atoms with Gasteiger partial charge in [0.1, 0.15) is 6.10 Å². The molecule has 2 aromatic rings. The molecule has 1 heterocycles. The molecule has 2 unspecified atom stereocenters. The van der Waals surface area contributed by atoms with Crippen molar-refractivity contribution in [2.45, 2.75) is 31.5 Å². The van der Waals surface area contributed by atoms with Crippen LogP contribution < -0.4 is 0 Å². The molecular formula is C15H14N2O3. The number of rotatable bonds is 2. The quantitative estimate of drug-likeness (QED) is 0.722. The average molecular weight is 270 g/mol. The lowest BCUT2D eigenvalue weighted by molar-refractivity contribution is 0.0529. The Hall–Kier alpha value is -2.16. The summed E-state index contributed by atoms with van der Waals surface area (Å²) in [7, 11) is 0. The van der Waals surface area contributed by atoms with Crippen molar-refractivity contribution in [2.75, 3.05) is 0 Å². The zero-order chi connectivity index (χ0) is 14.3. The Morgan fingerprint density at radius 1 is 1.30 bits per heavy atom. The number of H-pyrrole nitrogens is 1. The number of fused-ring (bicyclic) bond motifs is 3. The lowest BCUT2D eigenvalue weighted by Gasteiger charge is -2.13. The zero-order valence-electron chi connectivity index (χ0n) is 10.8. The second kappa shape index (κ2) is 4.75. The first-order valence-corrected chi connectivity index (χ1v) is 6.55. The van der Waals surface area contributed by atoms with E-state index in [1.165, 1.54) is 0 Å². The molecule has 0 spiro atoms. The topological polar surface area (TPSA) is 97.1 Å². The number of carbonyl (C=O) groups excluding carboxylic acids is 1. The Labute approximate surface area is 115 Å². The minimum absolute atomic E-state index is 0.113. The predicted octanol–water partition coefficient (Wildman–Crippen LogP) is 1.60. The normalized spacial score (nSPS) is 17.6. The summed E-state index contributed by atoms with van der Waals surface area (Å²) < 4.78 is 0. The number of hydrogen-bond donors (Lipinski definition) is 3. The van der Waals surface area contributed by atoms with Gasteiger partial charge in [0.2, 0.25) is 0 Å². The summed E-state index contributed by atoms with van der Waals surface area (Å²) in [4.78, 5) is 15.0. The number of hydrogen-bond acceptors (Lipinski definition) is 4. The fourth-order valence-corrected chi connectivity index (χ4v) is 2.75. The van der Waals surface area contributed by atoms with Gasteiger partial charge in [0.15, 0.2) is 11.9 Å². The van der Waals surface area contributed by atoms with E-state index >= 15 is 0 Å². The molecule has 3 rings (SSSR count). The second-order valence-electron chi connectivity index (χ2n) is 5.08. The number of benzene rings is 1. The minimum atomic E-state index is -1.45. The number of ketones is 1. The number of aromatic nitrogens is 1. The molecule has 1 aliphatic carbocycles. The molecule has 20 heavy (non-hydrogen) atoms. The van der Waals surface area contributed by atoms with Crippen LogP contribution in [0.2, 0.25) is 0 Å². The van der Waals surface area contributed by atoms with E-state index in [-0.39, 0.29) is 5.78 Å². The molecule has 0 saturated heterocycles. The molecular weight excluding hydrogens is 256 g/mol. The zero-order valence-corrected chi connectivity index (χ0v) is 10.8. The third-order valence-electron chi connectivity index (χ3n) is 3.81. The molecule has 1 aromatic carbocycles. The SMILES string of the molecule is N#CC(O)C(O)c1ccc2[nH]c3c(c2c1)CCCC3=O. The first-order chi connectivity index (χ1) is 9.61. The number of aliphatic hydroxyl groups is 2. The largest absolute Gasteiger partial charge is 0.385 e. The molecule has 0 amide bonds. The highest BCUT2D eigenvalue weighted by Crippen LogP contribution is 2.31. The van der Waals surface area contributed by atoms with Crippen molar-refractivity contribution in [2.24, 2.45) is 0 Å². The van der Waals surface area contributed by atoms with Gasteiger partial charge in [-0.1, -0.05) is 6.07 Å². The summed E-state index contributed by atoms with van der Waals surface area (Å²) in [5.74, 6) is 0.113. The van der Waals surface area contributed by atoms with Crippen LogP contribution in [0.3, 0.4) is 0 Å². The smallest absolute Gasteiger partial charge is 0.179 e. The first-order valence-electron chi connectivity index (χ1n) is 6.55. The number of Topliss-reactive ketones (excluding diaryl/α,β-unsaturated/α-hetero) is 1. The van der Waals surface area contributed by atoms with E-state index in [1.54, 1.807) is 24.3 Å². The molecule has 102 valence electrons. The van der Waals surface area contributed by atoms with Crippen molar-refractivity contribution < 1.29 is 15.0 Å². The number of nitriles is 1. The second-order valence-corrected chi connectivity index (χ2v) is 5.08. The van der Waals surface area contributed by atoms with E-state index in [9.17, 15) is 15.0 Å². The van der Waals surface area contributed by atoms with E-state index in [4.69, 9.17) is 5.26 Å². The van der Waals surface area contributed by atoms with Gasteiger partial charge in [0.05, 0.1) is 11.8 Å². The van der Waals surface area contributed by atoms with Gasteiger partial charge in [-0.2, -0.15) is 5.26 Å². The van der Waals surface area contributed by atoms with Crippen LogP contribution in [0.5, 0.6) is 0 Å². The Morgan fingerprint density at radius 2 is 2.10 bits per heavy atom.